The lowest BCUT2D eigenvalue weighted by Crippen LogP contribution is -2.70. The van der Waals surface area contributed by atoms with Gasteiger partial charge in [0.1, 0.15) is 42.7 Å². The molecular weight excluding hydrogens is 672 g/mol. The van der Waals surface area contributed by atoms with E-state index in [1.807, 2.05) is 6.92 Å². The number of hydrogen-bond donors (Lipinski definition) is 5. The van der Waals surface area contributed by atoms with Crippen molar-refractivity contribution in [1.82, 2.24) is 0 Å². The van der Waals surface area contributed by atoms with Crippen LogP contribution in [0.25, 0.3) is 0 Å². The highest BCUT2D eigenvalue weighted by Gasteiger charge is 2.76. The molecule has 2 heterocycles. The molecule has 0 spiro atoms. The topological polar surface area (TPSA) is 181 Å². The highest BCUT2D eigenvalue weighted by molar-refractivity contribution is 5.66. The van der Waals surface area contributed by atoms with E-state index in [0.717, 1.165) is 25.7 Å². The van der Waals surface area contributed by atoms with Crippen molar-refractivity contribution >= 4 is 11.9 Å². The third-order valence-corrected chi connectivity index (χ3v) is 16.1. The molecule has 6 aliphatic rings. The number of rotatable bonds is 7. The highest BCUT2D eigenvalue weighted by atomic mass is 16.7. The molecule has 2 saturated heterocycles. The standard InChI is InChI=1S/C40H66O12/c1-21(41)48-20-24-29(43)30(44)31(45)33(50-24)51-27-12-14-36(7)25(34(27,3)4)11-15-37(8)26(36)19-23(49-22(2)42)32-38(37,9)17-18-40(32,47)39(10)16-13-28(52-39)35(5,6)46/h23-33,43-47H,11-20H2,1-10H3/t23-,24-,25-,26-,27-,28-,29-,30+,31-,32+,33+,36+,37-,38-,39+,40-/m1/s1. The zero-order chi connectivity index (χ0) is 38.6. The Balaban J connectivity index is 1.28. The largest absolute Gasteiger partial charge is 0.463 e. The van der Waals surface area contributed by atoms with Crippen molar-refractivity contribution in [2.24, 2.45) is 39.4 Å². The van der Waals surface area contributed by atoms with E-state index in [9.17, 15) is 35.1 Å². The predicted octanol–water partition coefficient (Wildman–Crippen LogP) is 3.79. The first-order chi connectivity index (χ1) is 23.9. The molecule has 0 aromatic heterocycles. The summed E-state index contributed by atoms with van der Waals surface area (Å²) < 4.78 is 30.5. The Morgan fingerprint density at radius 3 is 2.08 bits per heavy atom. The summed E-state index contributed by atoms with van der Waals surface area (Å²) in [5.74, 6) is -0.915. The van der Waals surface area contributed by atoms with Crippen LogP contribution in [0.1, 0.15) is 127 Å². The van der Waals surface area contributed by atoms with Crippen molar-refractivity contribution in [1.29, 1.82) is 0 Å². The normalized spacial score (nSPS) is 51.6. The van der Waals surface area contributed by atoms with Gasteiger partial charge >= 0.3 is 11.9 Å². The first-order valence-electron chi connectivity index (χ1n) is 19.6. The first kappa shape index (κ1) is 40.3. The summed E-state index contributed by atoms with van der Waals surface area (Å²) in [4.78, 5) is 24.3. The molecule has 0 unspecified atom stereocenters. The number of hydrogen-bond acceptors (Lipinski definition) is 12. The second-order valence-electron chi connectivity index (χ2n) is 19.6. The maximum Gasteiger partial charge on any atom is 0.302 e. The molecule has 298 valence electrons. The molecule has 52 heavy (non-hydrogen) atoms. The first-order valence-corrected chi connectivity index (χ1v) is 19.6. The van der Waals surface area contributed by atoms with Gasteiger partial charge in [0.2, 0.25) is 0 Å². The zero-order valence-corrected chi connectivity index (χ0v) is 33.0. The van der Waals surface area contributed by atoms with Crippen LogP contribution in [0.2, 0.25) is 0 Å². The van der Waals surface area contributed by atoms with Gasteiger partial charge < -0.3 is 49.2 Å². The lowest BCUT2D eigenvalue weighted by Gasteiger charge is -2.71. The van der Waals surface area contributed by atoms with E-state index in [-0.39, 0.29) is 52.7 Å². The minimum atomic E-state index is -1.54. The fourth-order valence-corrected chi connectivity index (χ4v) is 13.1. The fraction of sp³-hybridized carbons (Fsp3) is 0.950. The van der Waals surface area contributed by atoms with E-state index in [4.69, 9.17) is 23.7 Å². The molecule has 5 N–H and O–H groups in total. The number of ether oxygens (including phenoxy) is 5. The number of carbonyl (C=O) groups is 2. The lowest BCUT2D eigenvalue weighted by atomic mass is 9.35. The SMILES string of the molecule is CC(=O)OC[C@H]1O[C@@H](O[C@@H]2CC[C@@]3(C)[C@H](CC[C@]4(C)[C@@H]3C[C@@H](OC(C)=O)[C@@H]3[C@@](O)([C@]5(C)CC[C@H](C(C)(C)O)O5)CC[C@]34C)C2(C)C)[C@H](O)[C@@H](O)[C@@H]1O. The van der Waals surface area contributed by atoms with Crippen LogP contribution < -0.4 is 0 Å². The number of esters is 2. The molecule has 0 bridgehead atoms. The zero-order valence-electron chi connectivity index (χ0n) is 33.0. The Labute approximate surface area is 309 Å². The summed E-state index contributed by atoms with van der Waals surface area (Å²) in [6, 6.07) is 0. The number of fused-ring (bicyclic) bond motifs is 5. The summed E-state index contributed by atoms with van der Waals surface area (Å²) in [6.07, 6.45) is -1.62. The minimum absolute atomic E-state index is 0.162. The van der Waals surface area contributed by atoms with Crippen LogP contribution in [-0.2, 0) is 33.3 Å². The lowest BCUT2D eigenvalue weighted by molar-refractivity contribution is -0.333. The van der Waals surface area contributed by atoms with Gasteiger partial charge in [-0.2, -0.15) is 0 Å². The van der Waals surface area contributed by atoms with E-state index >= 15 is 0 Å². The van der Waals surface area contributed by atoms with Gasteiger partial charge in [-0.15, -0.1) is 0 Å². The van der Waals surface area contributed by atoms with Crippen LogP contribution in [0.3, 0.4) is 0 Å². The van der Waals surface area contributed by atoms with Gasteiger partial charge in [0.25, 0.3) is 0 Å². The van der Waals surface area contributed by atoms with Crippen molar-refractivity contribution < 1.29 is 58.8 Å². The maximum absolute atomic E-state index is 13.0. The van der Waals surface area contributed by atoms with Gasteiger partial charge in [-0.1, -0.05) is 34.6 Å². The Bertz CT molecular complexity index is 1380. The molecular formula is C40H66O12. The van der Waals surface area contributed by atoms with Crippen molar-refractivity contribution in [3.05, 3.63) is 0 Å². The second-order valence-corrected chi connectivity index (χ2v) is 19.6. The molecule has 12 nitrogen and oxygen atoms in total. The molecule has 16 atom stereocenters. The molecule has 12 heteroatoms. The fourth-order valence-electron chi connectivity index (χ4n) is 13.1. The summed E-state index contributed by atoms with van der Waals surface area (Å²) in [5.41, 5.74) is -4.35. The summed E-state index contributed by atoms with van der Waals surface area (Å²) in [7, 11) is 0. The highest BCUT2D eigenvalue weighted by Crippen LogP contribution is 2.77. The summed E-state index contributed by atoms with van der Waals surface area (Å²) in [6.45, 7) is 19.4. The van der Waals surface area contributed by atoms with Crippen LogP contribution >= 0.6 is 0 Å². The van der Waals surface area contributed by atoms with E-state index in [0.29, 0.717) is 32.1 Å². The van der Waals surface area contributed by atoms with Crippen molar-refractivity contribution in [2.45, 2.75) is 193 Å². The molecule has 0 amide bonds. The quantitative estimate of drug-likeness (QED) is 0.189. The van der Waals surface area contributed by atoms with Gasteiger partial charge in [0.15, 0.2) is 6.29 Å². The van der Waals surface area contributed by atoms with Gasteiger partial charge in [-0.3, -0.25) is 9.59 Å². The monoisotopic (exact) mass is 738 g/mol. The van der Waals surface area contributed by atoms with Crippen LogP contribution in [0.4, 0.5) is 0 Å². The van der Waals surface area contributed by atoms with Crippen LogP contribution in [0, 0.1) is 39.4 Å². The van der Waals surface area contributed by atoms with Crippen LogP contribution in [-0.4, -0.2) is 110 Å². The number of aliphatic hydroxyl groups excluding tert-OH is 3. The van der Waals surface area contributed by atoms with Gasteiger partial charge in [0, 0.05) is 19.8 Å². The van der Waals surface area contributed by atoms with E-state index in [1.54, 1.807) is 13.8 Å². The molecule has 6 fully saturated rings. The molecule has 2 aliphatic heterocycles. The summed E-state index contributed by atoms with van der Waals surface area (Å²) >= 11 is 0. The van der Waals surface area contributed by atoms with E-state index in [2.05, 4.69) is 34.6 Å². The molecule has 0 aromatic carbocycles. The molecule has 4 saturated carbocycles. The smallest absolute Gasteiger partial charge is 0.302 e. The number of aliphatic hydroxyl groups is 5. The van der Waals surface area contributed by atoms with Crippen LogP contribution in [0.5, 0.6) is 0 Å². The third kappa shape index (κ3) is 5.99. The molecule has 4 aliphatic carbocycles. The average molecular weight is 739 g/mol. The Kier molecular flexibility index (Phi) is 10.2. The number of carbonyl (C=O) groups excluding carboxylic acids is 2. The van der Waals surface area contributed by atoms with Gasteiger partial charge in [-0.25, -0.2) is 0 Å². The maximum atomic E-state index is 13.0. The van der Waals surface area contributed by atoms with Crippen LogP contribution in [0.15, 0.2) is 0 Å². The molecule has 0 radical (unpaired) electrons. The van der Waals surface area contributed by atoms with Gasteiger partial charge in [0.05, 0.1) is 23.4 Å². The van der Waals surface area contributed by atoms with E-state index in [1.165, 1.54) is 13.8 Å². The van der Waals surface area contributed by atoms with Crippen molar-refractivity contribution in [2.75, 3.05) is 6.61 Å². The van der Waals surface area contributed by atoms with E-state index < -0.39 is 71.1 Å². The third-order valence-electron chi connectivity index (χ3n) is 16.1. The Hall–Kier alpha value is -1.38. The van der Waals surface area contributed by atoms with Crippen molar-refractivity contribution in [3.8, 4) is 0 Å². The van der Waals surface area contributed by atoms with Gasteiger partial charge in [-0.05, 0) is 112 Å². The Morgan fingerprint density at radius 2 is 1.48 bits per heavy atom. The predicted molar refractivity (Wildman–Crippen MR) is 188 cm³/mol. The average Bonchev–Trinajstić information content (AvgIpc) is 3.59. The molecule has 6 rings (SSSR count). The summed E-state index contributed by atoms with van der Waals surface area (Å²) in [5, 5.41) is 56.0. The van der Waals surface area contributed by atoms with Crippen molar-refractivity contribution in [3.63, 3.8) is 0 Å². The Morgan fingerprint density at radius 1 is 0.808 bits per heavy atom. The minimum Gasteiger partial charge on any atom is -0.463 e. The second kappa shape index (κ2) is 13.1. The molecule has 0 aromatic rings.